The van der Waals surface area contributed by atoms with Crippen molar-refractivity contribution < 1.29 is 17.9 Å². The van der Waals surface area contributed by atoms with E-state index in [1.807, 2.05) is 0 Å². The van der Waals surface area contributed by atoms with Gasteiger partial charge in [0, 0.05) is 0 Å². The molecule has 2 N–H and O–H groups in total. The van der Waals surface area contributed by atoms with Crippen LogP contribution in [0.5, 0.6) is 5.75 Å². The molecule has 2 nitrogen and oxygen atoms in total. The number of hydrogen-bond donors (Lipinski definition) is 1. The molecule has 1 rings (SSSR count). The van der Waals surface area contributed by atoms with Crippen LogP contribution in [-0.2, 0) is 6.18 Å². The van der Waals surface area contributed by atoms with E-state index in [9.17, 15) is 13.2 Å². The van der Waals surface area contributed by atoms with Crippen molar-refractivity contribution in [2.75, 3.05) is 13.2 Å². The summed E-state index contributed by atoms with van der Waals surface area (Å²) in [4.78, 5) is 0. The van der Waals surface area contributed by atoms with Crippen molar-refractivity contribution in [2.24, 2.45) is 5.73 Å². The summed E-state index contributed by atoms with van der Waals surface area (Å²) in [6.07, 6.45) is -3.84. The number of benzene rings is 1. The third-order valence-corrected chi connectivity index (χ3v) is 1.80. The van der Waals surface area contributed by atoms with Gasteiger partial charge in [0.1, 0.15) is 5.75 Å². The maximum atomic E-state index is 12.5. The summed E-state index contributed by atoms with van der Waals surface area (Å²) >= 11 is 0. The fourth-order valence-corrected chi connectivity index (χ4v) is 1.09. The zero-order chi connectivity index (χ0) is 11.3. The Hall–Kier alpha value is -1.23. The van der Waals surface area contributed by atoms with E-state index in [0.29, 0.717) is 13.0 Å². The fourth-order valence-electron chi connectivity index (χ4n) is 1.09. The molecule has 0 bridgehead atoms. The van der Waals surface area contributed by atoms with E-state index in [1.54, 1.807) is 0 Å². The Morgan fingerprint density at radius 2 is 1.87 bits per heavy atom. The van der Waals surface area contributed by atoms with Gasteiger partial charge in [0.15, 0.2) is 0 Å². The van der Waals surface area contributed by atoms with Crippen LogP contribution in [0.4, 0.5) is 13.2 Å². The summed E-state index contributed by atoms with van der Waals surface area (Å²) in [6, 6.07) is 5.14. The van der Waals surface area contributed by atoms with Crippen molar-refractivity contribution in [1.29, 1.82) is 0 Å². The first-order valence-corrected chi connectivity index (χ1v) is 4.55. The Balaban J connectivity index is 2.78. The zero-order valence-electron chi connectivity index (χ0n) is 8.05. The van der Waals surface area contributed by atoms with Gasteiger partial charge < -0.3 is 10.5 Å². The summed E-state index contributed by atoms with van der Waals surface area (Å²) in [5.74, 6) is -0.140. The van der Waals surface area contributed by atoms with Gasteiger partial charge in [-0.3, -0.25) is 0 Å². The first-order valence-electron chi connectivity index (χ1n) is 4.55. The second-order valence-electron chi connectivity index (χ2n) is 2.98. The third-order valence-electron chi connectivity index (χ3n) is 1.80. The monoisotopic (exact) mass is 219 g/mol. The van der Waals surface area contributed by atoms with Gasteiger partial charge in [0.25, 0.3) is 0 Å². The van der Waals surface area contributed by atoms with Crippen LogP contribution in [0.2, 0.25) is 0 Å². The third kappa shape index (κ3) is 3.43. The topological polar surface area (TPSA) is 35.2 Å². The number of rotatable bonds is 4. The number of alkyl halides is 3. The molecule has 0 aliphatic heterocycles. The van der Waals surface area contributed by atoms with Gasteiger partial charge in [0.2, 0.25) is 0 Å². The average molecular weight is 219 g/mol. The van der Waals surface area contributed by atoms with Gasteiger partial charge in [-0.05, 0) is 25.1 Å². The van der Waals surface area contributed by atoms with Gasteiger partial charge in [-0.25, -0.2) is 0 Å². The standard InChI is InChI=1S/C10H12F3NO/c11-10(12,13)8-4-1-2-5-9(8)15-7-3-6-14/h1-2,4-5H,3,6-7,14H2. The molecule has 0 amide bonds. The number of nitrogens with two attached hydrogens (primary N) is 1. The highest BCUT2D eigenvalue weighted by Gasteiger charge is 2.33. The summed E-state index contributed by atoms with van der Waals surface area (Å²) in [5, 5.41) is 0. The summed E-state index contributed by atoms with van der Waals surface area (Å²) in [5.41, 5.74) is 4.47. The number of ether oxygens (including phenoxy) is 1. The van der Waals surface area contributed by atoms with Crippen LogP contribution in [0.25, 0.3) is 0 Å². The van der Waals surface area contributed by atoms with Crippen molar-refractivity contribution in [2.45, 2.75) is 12.6 Å². The Bertz CT molecular complexity index is 312. The molecule has 0 heterocycles. The quantitative estimate of drug-likeness (QED) is 0.789. The Morgan fingerprint density at radius 1 is 1.20 bits per heavy atom. The fraction of sp³-hybridized carbons (Fsp3) is 0.400. The molecule has 15 heavy (non-hydrogen) atoms. The molecule has 0 aliphatic rings. The lowest BCUT2D eigenvalue weighted by molar-refractivity contribution is -0.138. The molecular weight excluding hydrogens is 207 g/mol. The second kappa shape index (κ2) is 5.02. The Morgan fingerprint density at radius 3 is 2.47 bits per heavy atom. The minimum atomic E-state index is -4.38. The van der Waals surface area contributed by atoms with E-state index in [2.05, 4.69) is 0 Å². The smallest absolute Gasteiger partial charge is 0.419 e. The van der Waals surface area contributed by atoms with Crippen molar-refractivity contribution >= 4 is 0 Å². The molecule has 1 aromatic carbocycles. The van der Waals surface area contributed by atoms with E-state index >= 15 is 0 Å². The molecule has 0 unspecified atom stereocenters. The molecule has 0 fully saturated rings. The normalized spacial score (nSPS) is 11.5. The van der Waals surface area contributed by atoms with Crippen molar-refractivity contribution in [1.82, 2.24) is 0 Å². The van der Waals surface area contributed by atoms with Crippen LogP contribution in [-0.4, -0.2) is 13.2 Å². The van der Waals surface area contributed by atoms with Crippen LogP contribution < -0.4 is 10.5 Å². The van der Waals surface area contributed by atoms with Gasteiger partial charge in [0.05, 0.1) is 12.2 Å². The molecule has 1 aromatic rings. The van der Waals surface area contributed by atoms with Gasteiger partial charge in [-0.1, -0.05) is 12.1 Å². The van der Waals surface area contributed by atoms with Crippen LogP contribution in [0.1, 0.15) is 12.0 Å². The molecule has 0 atom stereocenters. The van der Waals surface area contributed by atoms with E-state index in [0.717, 1.165) is 6.07 Å². The van der Waals surface area contributed by atoms with E-state index < -0.39 is 11.7 Å². The molecule has 0 saturated heterocycles. The lowest BCUT2D eigenvalue weighted by atomic mass is 10.2. The van der Waals surface area contributed by atoms with Crippen molar-refractivity contribution in [3.63, 3.8) is 0 Å². The summed E-state index contributed by atoms with van der Waals surface area (Å²) < 4.78 is 42.4. The molecule has 5 heteroatoms. The zero-order valence-corrected chi connectivity index (χ0v) is 8.05. The van der Waals surface area contributed by atoms with Crippen LogP contribution in [0.3, 0.4) is 0 Å². The van der Waals surface area contributed by atoms with E-state index in [-0.39, 0.29) is 12.4 Å². The van der Waals surface area contributed by atoms with Gasteiger partial charge in [-0.15, -0.1) is 0 Å². The number of para-hydroxylation sites is 1. The maximum Gasteiger partial charge on any atom is 0.419 e. The first-order chi connectivity index (χ1) is 7.05. The molecule has 0 saturated carbocycles. The highest BCUT2D eigenvalue weighted by atomic mass is 19.4. The minimum absolute atomic E-state index is 0.140. The summed E-state index contributed by atoms with van der Waals surface area (Å²) in [6.45, 7) is 0.595. The van der Waals surface area contributed by atoms with Crippen LogP contribution in [0.15, 0.2) is 24.3 Å². The molecule has 0 radical (unpaired) electrons. The Labute approximate surface area is 85.8 Å². The molecular formula is C10H12F3NO. The predicted molar refractivity (Wildman–Crippen MR) is 50.6 cm³/mol. The van der Waals surface area contributed by atoms with E-state index in [1.165, 1.54) is 18.2 Å². The SMILES string of the molecule is NCCCOc1ccccc1C(F)(F)F. The van der Waals surface area contributed by atoms with Gasteiger partial charge >= 0.3 is 6.18 Å². The molecule has 0 aromatic heterocycles. The van der Waals surface area contributed by atoms with Crippen molar-refractivity contribution in [3.05, 3.63) is 29.8 Å². The van der Waals surface area contributed by atoms with E-state index in [4.69, 9.17) is 10.5 Å². The minimum Gasteiger partial charge on any atom is -0.493 e. The largest absolute Gasteiger partial charge is 0.493 e. The average Bonchev–Trinajstić information content (AvgIpc) is 2.17. The van der Waals surface area contributed by atoms with Gasteiger partial charge in [-0.2, -0.15) is 13.2 Å². The highest BCUT2D eigenvalue weighted by Crippen LogP contribution is 2.35. The van der Waals surface area contributed by atoms with Crippen LogP contribution in [0, 0.1) is 0 Å². The molecule has 84 valence electrons. The predicted octanol–water partition coefficient (Wildman–Crippen LogP) is 2.43. The molecule has 0 aliphatic carbocycles. The number of halogens is 3. The highest BCUT2D eigenvalue weighted by molar-refractivity contribution is 5.35. The number of hydrogen-bond acceptors (Lipinski definition) is 2. The molecule has 0 spiro atoms. The Kier molecular flexibility index (Phi) is 3.96. The maximum absolute atomic E-state index is 12.5. The van der Waals surface area contributed by atoms with Crippen LogP contribution >= 0.6 is 0 Å². The van der Waals surface area contributed by atoms with Crippen molar-refractivity contribution in [3.8, 4) is 5.75 Å². The first kappa shape index (κ1) is 11.8. The second-order valence-corrected chi connectivity index (χ2v) is 2.98. The summed E-state index contributed by atoms with van der Waals surface area (Å²) in [7, 11) is 0. The lowest BCUT2D eigenvalue weighted by Gasteiger charge is -2.13. The lowest BCUT2D eigenvalue weighted by Crippen LogP contribution is -2.11.